The van der Waals surface area contributed by atoms with Gasteiger partial charge in [0.05, 0.1) is 0 Å². The van der Waals surface area contributed by atoms with Crippen molar-refractivity contribution in [3.8, 4) is 0 Å². The van der Waals surface area contributed by atoms with Gasteiger partial charge in [-0.15, -0.1) is 0 Å². The molecule has 6 nitrogen and oxygen atoms in total. The zero-order valence-electron chi connectivity index (χ0n) is 46.3. The summed E-state index contributed by atoms with van der Waals surface area (Å²) in [7, 11) is 0. The molecule has 0 aromatic carbocycles. The molecule has 0 fully saturated rings. The zero-order valence-corrected chi connectivity index (χ0v) is 46.3. The summed E-state index contributed by atoms with van der Waals surface area (Å²) in [5, 5.41) is 0. The number of ether oxygens (including phenoxy) is 3. The summed E-state index contributed by atoms with van der Waals surface area (Å²) in [5.74, 6) is -0.898. The summed E-state index contributed by atoms with van der Waals surface area (Å²) in [6, 6.07) is 0. The van der Waals surface area contributed by atoms with Gasteiger partial charge in [-0.25, -0.2) is 0 Å². The fraction of sp³-hybridized carbons (Fsp3) is 0.766. The second-order valence-electron chi connectivity index (χ2n) is 19.9. The molecule has 0 aliphatic rings. The summed E-state index contributed by atoms with van der Waals surface area (Å²) in [4.78, 5) is 38.2. The van der Waals surface area contributed by atoms with Crippen LogP contribution in [0.25, 0.3) is 0 Å². The highest BCUT2D eigenvalue weighted by Crippen LogP contribution is 2.15. The van der Waals surface area contributed by atoms with Crippen molar-refractivity contribution in [1.82, 2.24) is 0 Å². The molecule has 0 radical (unpaired) electrons. The van der Waals surface area contributed by atoms with Crippen LogP contribution < -0.4 is 0 Å². The summed E-state index contributed by atoms with van der Waals surface area (Å²) in [5.41, 5.74) is 0. The Labute approximate surface area is 433 Å². The van der Waals surface area contributed by atoms with Gasteiger partial charge in [-0.3, -0.25) is 14.4 Å². The molecule has 0 saturated heterocycles. The predicted octanol–water partition coefficient (Wildman–Crippen LogP) is 20.2. The third-order valence-corrected chi connectivity index (χ3v) is 12.9. The van der Waals surface area contributed by atoms with Gasteiger partial charge < -0.3 is 14.2 Å². The van der Waals surface area contributed by atoms with Crippen LogP contribution in [0, 0.1) is 0 Å². The van der Waals surface area contributed by atoms with Crippen LogP contribution in [0.15, 0.2) is 72.9 Å². The minimum absolute atomic E-state index is 0.0845. The van der Waals surface area contributed by atoms with Crippen molar-refractivity contribution in [2.45, 2.75) is 303 Å². The first kappa shape index (κ1) is 66.9. The van der Waals surface area contributed by atoms with Gasteiger partial charge in [0, 0.05) is 19.3 Å². The average molecular weight is 978 g/mol. The number of carbonyl (C=O) groups excluding carboxylic acids is 3. The Bertz CT molecular complexity index is 1310. The van der Waals surface area contributed by atoms with Crippen LogP contribution in [0.4, 0.5) is 0 Å². The van der Waals surface area contributed by atoms with Crippen molar-refractivity contribution in [3.05, 3.63) is 72.9 Å². The smallest absolute Gasteiger partial charge is 0.306 e. The van der Waals surface area contributed by atoms with Crippen LogP contribution in [0.1, 0.15) is 297 Å². The molecule has 6 heteroatoms. The second-order valence-corrected chi connectivity index (χ2v) is 19.9. The molecule has 0 spiro atoms. The van der Waals surface area contributed by atoms with Gasteiger partial charge in [0.2, 0.25) is 0 Å². The number of unbranched alkanes of at least 4 members (excludes halogenated alkanes) is 31. The molecule has 1 unspecified atom stereocenters. The van der Waals surface area contributed by atoms with E-state index in [4.69, 9.17) is 14.2 Å². The third-order valence-electron chi connectivity index (χ3n) is 12.9. The van der Waals surface area contributed by atoms with Crippen LogP contribution in [0.3, 0.4) is 0 Å². The van der Waals surface area contributed by atoms with Crippen LogP contribution in [0.2, 0.25) is 0 Å². The van der Waals surface area contributed by atoms with Crippen molar-refractivity contribution in [1.29, 1.82) is 0 Å². The van der Waals surface area contributed by atoms with Crippen LogP contribution >= 0.6 is 0 Å². The maximum Gasteiger partial charge on any atom is 0.306 e. The van der Waals surface area contributed by atoms with Gasteiger partial charge in [-0.1, -0.05) is 241 Å². The van der Waals surface area contributed by atoms with Crippen molar-refractivity contribution in [3.63, 3.8) is 0 Å². The molecule has 0 amide bonds. The lowest BCUT2D eigenvalue weighted by atomic mass is 10.1. The SMILES string of the molecule is CC/C=C\C/C=C\C/C=C\C/C=C\CCCCCCCCCCC(=O)OCC(COC(=O)CCCCCCC/C=C\CCCCCCCC)OC(=O)CCCCCCC/C=C\CCCCCCCCC. The summed E-state index contributed by atoms with van der Waals surface area (Å²) in [6.45, 7) is 6.52. The van der Waals surface area contributed by atoms with Gasteiger partial charge in [0.15, 0.2) is 6.10 Å². The first-order valence-electron chi connectivity index (χ1n) is 29.9. The van der Waals surface area contributed by atoms with E-state index in [1.807, 2.05) is 0 Å². The summed E-state index contributed by atoms with van der Waals surface area (Å²) >= 11 is 0. The van der Waals surface area contributed by atoms with E-state index in [-0.39, 0.29) is 31.1 Å². The van der Waals surface area contributed by atoms with Crippen LogP contribution in [-0.2, 0) is 28.6 Å². The Hall–Kier alpha value is -3.15. The van der Waals surface area contributed by atoms with E-state index >= 15 is 0 Å². The van der Waals surface area contributed by atoms with Crippen molar-refractivity contribution in [2.24, 2.45) is 0 Å². The molecule has 404 valence electrons. The van der Waals surface area contributed by atoms with Gasteiger partial charge in [0.1, 0.15) is 13.2 Å². The largest absolute Gasteiger partial charge is 0.462 e. The third kappa shape index (κ3) is 55.8. The quantitative estimate of drug-likeness (QED) is 0.0261. The molecule has 0 rings (SSSR count). The van der Waals surface area contributed by atoms with E-state index in [1.165, 1.54) is 148 Å². The molecule has 0 N–H and O–H groups in total. The first-order valence-corrected chi connectivity index (χ1v) is 29.9. The standard InChI is InChI=1S/C64H112O6/c1-4-7-10-13-16-19-22-25-28-30-31-32-33-34-37-39-42-45-48-51-54-57-63(66)69-60-61(59-68-62(65)56-53-50-47-44-41-38-35-27-24-21-18-15-12-9-6-3)70-64(67)58-55-52-49-46-43-40-36-29-26-23-20-17-14-11-8-5-2/h7,10,16,19,25,27-29,31-32,35-36,61H,4-6,8-9,11-15,17-18,20-24,26,30,33-34,37-60H2,1-3H3/b10-7-,19-16-,28-25-,32-31-,35-27-,36-29-. The van der Waals surface area contributed by atoms with E-state index in [1.54, 1.807) is 0 Å². The summed E-state index contributed by atoms with van der Waals surface area (Å²) in [6.07, 6.45) is 74.6. The predicted molar refractivity (Wildman–Crippen MR) is 302 cm³/mol. The van der Waals surface area contributed by atoms with Gasteiger partial charge in [-0.2, -0.15) is 0 Å². The average Bonchev–Trinajstić information content (AvgIpc) is 3.36. The zero-order chi connectivity index (χ0) is 50.7. The normalized spacial score (nSPS) is 12.6. The maximum absolute atomic E-state index is 12.9. The van der Waals surface area contributed by atoms with E-state index in [0.717, 1.165) is 109 Å². The fourth-order valence-corrected chi connectivity index (χ4v) is 8.42. The van der Waals surface area contributed by atoms with Gasteiger partial charge >= 0.3 is 17.9 Å². The number of carbonyl (C=O) groups is 3. The van der Waals surface area contributed by atoms with E-state index in [9.17, 15) is 14.4 Å². The van der Waals surface area contributed by atoms with Crippen molar-refractivity contribution < 1.29 is 28.6 Å². The monoisotopic (exact) mass is 977 g/mol. The highest BCUT2D eigenvalue weighted by atomic mass is 16.6. The second kappa shape index (κ2) is 58.4. The van der Waals surface area contributed by atoms with E-state index in [0.29, 0.717) is 19.3 Å². The number of allylic oxidation sites excluding steroid dienone is 12. The topological polar surface area (TPSA) is 78.9 Å². The first-order chi connectivity index (χ1) is 34.5. The number of rotatable bonds is 54. The minimum Gasteiger partial charge on any atom is -0.462 e. The highest BCUT2D eigenvalue weighted by Gasteiger charge is 2.19. The lowest BCUT2D eigenvalue weighted by molar-refractivity contribution is -0.167. The Kier molecular flexibility index (Phi) is 55.8. The summed E-state index contributed by atoms with van der Waals surface area (Å²) < 4.78 is 16.9. The number of hydrogen-bond acceptors (Lipinski definition) is 6. The number of esters is 3. The Morgan fingerprint density at radius 3 is 0.886 bits per heavy atom. The van der Waals surface area contributed by atoms with E-state index in [2.05, 4.69) is 93.7 Å². The molecule has 0 heterocycles. The Morgan fingerprint density at radius 1 is 0.300 bits per heavy atom. The molecule has 1 atom stereocenters. The lowest BCUT2D eigenvalue weighted by Gasteiger charge is -2.18. The minimum atomic E-state index is -0.787. The van der Waals surface area contributed by atoms with E-state index < -0.39 is 6.10 Å². The molecule has 0 aliphatic heterocycles. The molecule has 0 aromatic heterocycles. The van der Waals surface area contributed by atoms with Crippen molar-refractivity contribution >= 4 is 17.9 Å². The number of hydrogen-bond donors (Lipinski definition) is 0. The highest BCUT2D eigenvalue weighted by molar-refractivity contribution is 5.71. The lowest BCUT2D eigenvalue weighted by Crippen LogP contribution is -2.30. The van der Waals surface area contributed by atoms with Gasteiger partial charge in [0.25, 0.3) is 0 Å². The molecule has 70 heavy (non-hydrogen) atoms. The Morgan fingerprint density at radius 2 is 0.557 bits per heavy atom. The molecule has 0 aliphatic carbocycles. The molecule has 0 saturated carbocycles. The van der Waals surface area contributed by atoms with Crippen LogP contribution in [-0.4, -0.2) is 37.2 Å². The fourth-order valence-electron chi connectivity index (χ4n) is 8.42. The molecule has 0 bridgehead atoms. The van der Waals surface area contributed by atoms with Gasteiger partial charge in [-0.05, 0) is 109 Å². The molecule has 0 aromatic rings. The van der Waals surface area contributed by atoms with Crippen LogP contribution in [0.5, 0.6) is 0 Å². The molecular weight excluding hydrogens is 865 g/mol. The van der Waals surface area contributed by atoms with Crippen molar-refractivity contribution in [2.75, 3.05) is 13.2 Å². The molecular formula is C64H112O6. The Balaban J connectivity index is 4.39. The maximum atomic E-state index is 12.9.